The van der Waals surface area contributed by atoms with Crippen molar-refractivity contribution in [2.24, 2.45) is 7.05 Å². The molecule has 6 nitrogen and oxygen atoms in total. The molecule has 1 saturated heterocycles. The zero-order chi connectivity index (χ0) is 30.7. The average molecular weight is 623 g/mol. The van der Waals surface area contributed by atoms with E-state index in [2.05, 4.69) is 64.7 Å². The van der Waals surface area contributed by atoms with E-state index >= 15 is 0 Å². The van der Waals surface area contributed by atoms with Crippen molar-refractivity contribution in [3.05, 3.63) is 160 Å². The Kier molecular flexibility index (Phi) is 11.2. The van der Waals surface area contributed by atoms with Crippen molar-refractivity contribution in [3.63, 3.8) is 0 Å². The summed E-state index contributed by atoms with van der Waals surface area (Å²) in [6.45, 7) is 2.08. The van der Waals surface area contributed by atoms with Crippen molar-refractivity contribution in [1.82, 2.24) is 0 Å². The van der Waals surface area contributed by atoms with Crippen molar-refractivity contribution in [2.45, 2.75) is 56.9 Å². The highest BCUT2D eigenvalue weighted by Gasteiger charge is 2.51. The van der Waals surface area contributed by atoms with Crippen LogP contribution >= 0.6 is 11.3 Å². The molecule has 0 aliphatic carbocycles. The van der Waals surface area contributed by atoms with E-state index in [1.807, 2.05) is 79.8 Å². The van der Waals surface area contributed by atoms with E-state index in [0.717, 1.165) is 27.3 Å². The molecule has 4 aromatic carbocycles. The van der Waals surface area contributed by atoms with Crippen LogP contribution < -0.4 is 4.57 Å². The molecule has 1 aliphatic heterocycles. The van der Waals surface area contributed by atoms with Crippen LogP contribution in [0.25, 0.3) is 0 Å². The summed E-state index contributed by atoms with van der Waals surface area (Å²) in [7, 11) is 2.04. The van der Waals surface area contributed by atoms with Crippen molar-refractivity contribution in [3.8, 4) is 0 Å². The Labute approximate surface area is 269 Å². The first-order chi connectivity index (χ1) is 22.2. The van der Waals surface area contributed by atoms with Gasteiger partial charge in [0, 0.05) is 0 Å². The highest BCUT2D eigenvalue weighted by atomic mass is 32.1. The third kappa shape index (κ3) is 8.52. The van der Waals surface area contributed by atoms with Crippen molar-refractivity contribution >= 4 is 11.3 Å². The van der Waals surface area contributed by atoms with Gasteiger partial charge in [0.1, 0.15) is 31.5 Å². The Morgan fingerprint density at radius 2 is 1.02 bits per heavy atom. The van der Waals surface area contributed by atoms with Gasteiger partial charge in [0.05, 0.1) is 38.4 Å². The van der Waals surface area contributed by atoms with Crippen molar-refractivity contribution in [2.75, 3.05) is 6.61 Å². The van der Waals surface area contributed by atoms with Crippen LogP contribution in [0, 0.1) is 0 Å². The second kappa shape index (κ2) is 16.0. The standard InChI is InChI=1S/C38H40NO5S/c1-39-22-23-45-38(39)37-36(43-27-32-20-12-5-13-21-32)35(42-26-31-18-10-4-11-19-31)34(41-25-30-16-8-3-9-17-30)33(44-37)28-40-24-29-14-6-2-7-15-29/h2-23,33-37H,24-28H2,1H3/q+1/t33-,34-,35+,36-,37+/m1/s1. The van der Waals surface area contributed by atoms with Gasteiger partial charge in [0.25, 0.3) is 5.01 Å². The van der Waals surface area contributed by atoms with Crippen molar-refractivity contribution < 1.29 is 28.3 Å². The highest BCUT2D eigenvalue weighted by molar-refractivity contribution is 7.09. The third-order valence-electron chi connectivity index (χ3n) is 7.95. The van der Waals surface area contributed by atoms with E-state index < -0.39 is 24.4 Å². The molecule has 0 bridgehead atoms. The summed E-state index contributed by atoms with van der Waals surface area (Å²) < 4.78 is 35.8. The second-order valence-corrected chi connectivity index (χ2v) is 12.2. The zero-order valence-electron chi connectivity index (χ0n) is 25.5. The Hall–Kier alpha value is -3.69. The lowest BCUT2D eigenvalue weighted by Gasteiger charge is -2.45. The fourth-order valence-electron chi connectivity index (χ4n) is 5.60. The Balaban J connectivity index is 1.33. The van der Waals surface area contributed by atoms with Crippen LogP contribution in [0.3, 0.4) is 0 Å². The lowest BCUT2D eigenvalue weighted by molar-refractivity contribution is -0.679. The van der Waals surface area contributed by atoms with Crippen LogP contribution in [-0.4, -0.2) is 31.0 Å². The summed E-state index contributed by atoms with van der Waals surface area (Å²) in [6.07, 6.45) is -0.0694. The van der Waals surface area contributed by atoms with E-state index in [-0.39, 0.29) is 6.10 Å². The zero-order valence-corrected chi connectivity index (χ0v) is 26.3. The second-order valence-electron chi connectivity index (χ2n) is 11.2. The van der Waals surface area contributed by atoms with Gasteiger partial charge in [-0.05, 0) is 22.3 Å². The van der Waals surface area contributed by atoms with Crippen LogP contribution in [-0.2, 0) is 57.2 Å². The van der Waals surface area contributed by atoms with E-state index in [0.29, 0.717) is 33.0 Å². The van der Waals surface area contributed by atoms with E-state index in [4.69, 9.17) is 23.7 Å². The minimum atomic E-state index is -0.452. The van der Waals surface area contributed by atoms with E-state index in [1.165, 1.54) is 0 Å². The van der Waals surface area contributed by atoms with Crippen LogP contribution in [0.15, 0.2) is 133 Å². The smallest absolute Gasteiger partial charge is 0.269 e. The molecule has 6 rings (SSSR count). The van der Waals surface area contributed by atoms with Crippen LogP contribution in [0.5, 0.6) is 0 Å². The Bertz CT molecular complexity index is 1550. The molecular formula is C38H40NO5S+. The highest BCUT2D eigenvalue weighted by Crippen LogP contribution is 2.38. The molecule has 1 fully saturated rings. The first-order valence-electron chi connectivity index (χ1n) is 15.4. The maximum absolute atomic E-state index is 6.97. The summed E-state index contributed by atoms with van der Waals surface area (Å²) >= 11 is 1.65. The molecule has 5 atom stereocenters. The van der Waals surface area contributed by atoms with Gasteiger partial charge in [-0.15, -0.1) is 0 Å². The number of aromatic nitrogens is 1. The quantitative estimate of drug-likeness (QED) is 0.125. The van der Waals surface area contributed by atoms with Crippen molar-refractivity contribution in [1.29, 1.82) is 0 Å². The van der Waals surface area contributed by atoms with Gasteiger partial charge in [0.2, 0.25) is 0 Å². The minimum absolute atomic E-state index is 0.344. The SMILES string of the molecule is C[n+]1ccsc1[C@H]1O[C@H](COCc2ccccc2)[C@@H](OCc2ccccc2)[C@H](OCc2ccccc2)[C@H]1OCc1ccccc1. The van der Waals surface area contributed by atoms with E-state index in [1.54, 1.807) is 11.3 Å². The number of benzene rings is 4. The predicted octanol–water partition coefficient (Wildman–Crippen LogP) is 6.99. The Morgan fingerprint density at radius 1 is 0.578 bits per heavy atom. The number of hydrogen-bond donors (Lipinski definition) is 0. The Morgan fingerprint density at radius 3 is 1.49 bits per heavy atom. The largest absolute Gasteiger partial charge is 0.374 e. The number of aryl methyl sites for hydroxylation is 1. The topological polar surface area (TPSA) is 50.0 Å². The predicted molar refractivity (Wildman–Crippen MR) is 174 cm³/mol. The number of thiazole rings is 1. The van der Waals surface area contributed by atoms with Gasteiger partial charge in [-0.3, -0.25) is 0 Å². The summed E-state index contributed by atoms with van der Waals surface area (Å²) in [6, 6.07) is 40.9. The molecule has 1 aromatic heterocycles. The maximum Gasteiger partial charge on any atom is 0.269 e. The molecule has 0 amide bonds. The number of hydrogen-bond acceptors (Lipinski definition) is 6. The number of rotatable bonds is 14. The van der Waals surface area contributed by atoms with Gasteiger partial charge in [0.15, 0.2) is 12.3 Å². The van der Waals surface area contributed by atoms with Crippen LogP contribution in [0.4, 0.5) is 0 Å². The molecule has 0 saturated carbocycles. The monoisotopic (exact) mass is 622 g/mol. The first kappa shape index (κ1) is 31.3. The normalized spacial score (nSPS) is 21.5. The fourth-order valence-corrected chi connectivity index (χ4v) is 6.54. The molecule has 2 heterocycles. The number of nitrogens with zero attached hydrogens (tertiary/aromatic N) is 1. The maximum atomic E-state index is 6.97. The summed E-state index contributed by atoms with van der Waals surface area (Å²) in [4.78, 5) is 0. The summed E-state index contributed by atoms with van der Waals surface area (Å²) in [5, 5.41) is 3.13. The molecule has 0 spiro atoms. The first-order valence-corrected chi connectivity index (χ1v) is 16.3. The third-order valence-corrected chi connectivity index (χ3v) is 8.97. The average Bonchev–Trinajstić information content (AvgIpc) is 3.53. The molecule has 5 aromatic rings. The summed E-state index contributed by atoms with van der Waals surface area (Å²) in [5.41, 5.74) is 4.36. The molecular weight excluding hydrogens is 582 g/mol. The van der Waals surface area contributed by atoms with Gasteiger partial charge >= 0.3 is 0 Å². The van der Waals surface area contributed by atoms with Gasteiger partial charge in [-0.25, -0.2) is 0 Å². The molecule has 45 heavy (non-hydrogen) atoms. The van der Waals surface area contributed by atoms with Gasteiger partial charge < -0.3 is 23.7 Å². The van der Waals surface area contributed by atoms with Crippen LogP contribution in [0.1, 0.15) is 33.4 Å². The van der Waals surface area contributed by atoms with Gasteiger partial charge in [-0.1, -0.05) is 133 Å². The minimum Gasteiger partial charge on any atom is -0.374 e. The lowest BCUT2D eigenvalue weighted by Crippen LogP contribution is -2.59. The molecule has 7 heteroatoms. The molecule has 1 aliphatic rings. The van der Waals surface area contributed by atoms with Gasteiger partial charge in [-0.2, -0.15) is 4.57 Å². The van der Waals surface area contributed by atoms with E-state index in [9.17, 15) is 0 Å². The molecule has 0 unspecified atom stereocenters. The summed E-state index contributed by atoms with van der Waals surface area (Å²) in [5.74, 6) is 0. The molecule has 0 radical (unpaired) electrons. The molecule has 0 N–H and O–H groups in total. The lowest BCUT2D eigenvalue weighted by atomic mass is 9.94. The molecule has 232 valence electrons. The fraction of sp³-hybridized carbons (Fsp3) is 0.289. The number of ether oxygens (including phenoxy) is 5. The van der Waals surface area contributed by atoms with Crippen LogP contribution in [0.2, 0.25) is 0 Å².